The predicted octanol–water partition coefficient (Wildman–Crippen LogP) is 4.48. The Morgan fingerprint density at radius 2 is 1.81 bits per heavy atom. The number of fused-ring (bicyclic) bond motifs is 1. The molecule has 0 bridgehead atoms. The van der Waals surface area contributed by atoms with Crippen LogP contribution < -0.4 is 5.32 Å². The minimum Gasteiger partial charge on any atom is -0.318 e. The number of hydrogen-bond donors (Lipinski definition) is 1. The quantitative estimate of drug-likeness (QED) is 0.422. The van der Waals surface area contributed by atoms with Gasteiger partial charge in [-0.3, -0.25) is 14.6 Å². The van der Waals surface area contributed by atoms with Crippen molar-refractivity contribution < 1.29 is 9.59 Å². The second-order valence-corrected chi connectivity index (χ2v) is 6.31. The predicted molar refractivity (Wildman–Crippen MR) is 105 cm³/mol. The van der Waals surface area contributed by atoms with Crippen molar-refractivity contribution in [2.75, 3.05) is 5.32 Å². The third kappa shape index (κ3) is 3.20. The number of carbonyl (C=O) groups excluding carboxylic acids is 2. The van der Waals surface area contributed by atoms with E-state index >= 15 is 0 Å². The Bertz CT molecular complexity index is 1150. The smallest absolute Gasteiger partial charge is 0.298 e. The van der Waals surface area contributed by atoms with Crippen LogP contribution in [0.1, 0.15) is 10.5 Å². The van der Waals surface area contributed by atoms with Crippen molar-refractivity contribution in [3.63, 3.8) is 0 Å². The highest BCUT2D eigenvalue weighted by Gasteiger charge is 2.25. The molecule has 0 unspecified atom stereocenters. The lowest BCUT2D eigenvalue weighted by atomic mass is 10.1. The number of para-hydroxylation sites is 1. The van der Waals surface area contributed by atoms with E-state index in [4.69, 9.17) is 11.6 Å². The summed E-state index contributed by atoms with van der Waals surface area (Å²) in [5.41, 5.74) is 2.89. The van der Waals surface area contributed by atoms with E-state index in [1.165, 1.54) is 0 Å². The fourth-order valence-corrected chi connectivity index (χ4v) is 3.13. The number of pyridine rings is 2. The molecule has 0 radical (unpaired) electrons. The number of nitrogens with zero attached hydrogens (tertiary/aromatic N) is 2. The molecule has 0 spiro atoms. The summed E-state index contributed by atoms with van der Waals surface area (Å²) in [7, 11) is 0. The van der Waals surface area contributed by atoms with Gasteiger partial charge in [-0.25, -0.2) is 0 Å². The van der Waals surface area contributed by atoms with E-state index in [0.717, 1.165) is 11.1 Å². The minimum absolute atomic E-state index is 0.281. The number of anilines is 1. The maximum atomic E-state index is 13.0. The van der Waals surface area contributed by atoms with Gasteiger partial charge in [0.2, 0.25) is 0 Å². The molecule has 0 aliphatic carbocycles. The first kappa shape index (κ1) is 17.0. The molecule has 0 saturated carbocycles. The molecule has 6 heteroatoms. The number of amides is 1. The summed E-state index contributed by atoms with van der Waals surface area (Å²) in [5, 5.41) is 2.96. The molecule has 0 atom stereocenters. The van der Waals surface area contributed by atoms with E-state index in [0.29, 0.717) is 16.3 Å². The number of benzene rings is 1. The van der Waals surface area contributed by atoms with Crippen LogP contribution in [-0.2, 0) is 4.79 Å². The molecule has 4 rings (SSSR count). The van der Waals surface area contributed by atoms with Gasteiger partial charge in [0.05, 0.1) is 10.7 Å². The van der Waals surface area contributed by atoms with Crippen molar-refractivity contribution >= 4 is 34.5 Å². The van der Waals surface area contributed by atoms with Gasteiger partial charge in [0.1, 0.15) is 5.69 Å². The van der Waals surface area contributed by atoms with Crippen LogP contribution in [0.4, 0.5) is 5.69 Å². The second kappa shape index (κ2) is 7.05. The fourth-order valence-electron chi connectivity index (χ4n) is 2.95. The van der Waals surface area contributed by atoms with Crippen LogP contribution in [-0.4, -0.2) is 21.1 Å². The topological polar surface area (TPSA) is 63.5 Å². The van der Waals surface area contributed by atoms with Crippen molar-refractivity contribution in [3.05, 3.63) is 90.0 Å². The molecule has 1 N–H and O–H groups in total. The maximum absolute atomic E-state index is 13.0. The SMILES string of the molecule is O=C(Nc1ccccc1Cl)C(=O)c1c(-c2cccnc2)cc2ccccn12. The first-order valence-electron chi connectivity index (χ1n) is 8.26. The van der Waals surface area contributed by atoms with E-state index in [1.54, 1.807) is 53.3 Å². The molecule has 1 aromatic carbocycles. The summed E-state index contributed by atoms with van der Waals surface area (Å²) in [5.74, 6) is -1.41. The van der Waals surface area contributed by atoms with Gasteiger partial charge < -0.3 is 9.72 Å². The minimum atomic E-state index is -0.753. The molecule has 1 amide bonds. The van der Waals surface area contributed by atoms with E-state index in [-0.39, 0.29) is 5.69 Å². The number of Topliss-reactive ketones (excluding diaryl/α,β-unsaturated/α-hetero) is 1. The molecular weight excluding hydrogens is 362 g/mol. The zero-order chi connectivity index (χ0) is 18.8. The van der Waals surface area contributed by atoms with Gasteiger partial charge in [0.25, 0.3) is 11.7 Å². The second-order valence-electron chi connectivity index (χ2n) is 5.91. The molecule has 0 fully saturated rings. The van der Waals surface area contributed by atoms with Crippen molar-refractivity contribution in [1.29, 1.82) is 0 Å². The van der Waals surface area contributed by atoms with Crippen LogP contribution in [0.15, 0.2) is 79.3 Å². The Morgan fingerprint density at radius 1 is 1.00 bits per heavy atom. The van der Waals surface area contributed by atoms with Gasteiger partial charge in [-0.1, -0.05) is 35.9 Å². The van der Waals surface area contributed by atoms with Crippen LogP contribution in [0.5, 0.6) is 0 Å². The normalized spacial score (nSPS) is 10.7. The Balaban J connectivity index is 1.79. The Labute approximate surface area is 160 Å². The lowest BCUT2D eigenvalue weighted by molar-refractivity contribution is -0.112. The molecule has 27 heavy (non-hydrogen) atoms. The molecule has 3 heterocycles. The van der Waals surface area contributed by atoms with Crippen molar-refractivity contribution in [2.24, 2.45) is 0 Å². The van der Waals surface area contributed by atoms with E-state index in [9.17, 15) is 9.59 Å². The molecule has 4 aromatic rings. The molecule has 3 aromatic heterocycles. The van der Waals surface area contributed by atoms with Gasteiger partial charge in [0.15, 0.2) is 0 Å². The van der Waals surface area contributed by atoms with Gasteiger partial charge in [0, 0.05) is 35.2 Å². The standard InChI is InChI=1S/C21H14ClN3O2/c22-17-8-1-2-9-18(17)24-21(27)20(26)19-16(14-6-5-10-23-13-14)12-15-7-3-4-11-25(15)19/h1-13H,(H,24,27). The number of rotatable bonds is 4. The summed E-state index contributed by atoms with van der Waals surface area (Å²) in [6.45, 7) is 0. The van der Waals surface area contributed by atoms with Crippen molar-refractivity contribution in [2.45, 2.75) is 0 Å². The Hall–Kier alpha value is -3.44. The maximum Gasteiger partial charge on any atom is 0.298 e. The molecular formula is C21H14ClN3O2. The van der Waals surface area contributed by atoms with Gasteiger partial charge in [-0.05, 0) is 36.4 Å². The van der Waals surface area contributed by atoms with Gasteiger partial charge in [-0.2, -0.15) is 0 Å². The van der Waals surface area contributed by atoms with Crippen molar-refractivity contribution in [1.82, 2.24) is 9.38 Å². The average Bonchev–Trinajstić information content (AvgIpc) is 3.09. The monoisotopic (exact) mass is 375 g/mol. The summed E-state index contributed by atoms with van der Waals surface area (Å²) in [4.78, 5) is 29.8. The highest BCUT2D eigenvalue weighted by molar-refractivity contribution is 6.48. The number of halogens is 1. The lowest BCUT2D eigenvalue weighted by Crippen LogP contribution is -2.24. The van der Waals surface area contributed by atoms with Crippen LogP contribution in [0, 0.1) is 0 Å². The lowest BCUT2D eigenvalue weighted by Gasteiger charge is -2.08. The summed E-state index contributed by atoms with van der Waals surface area (Å²) in [6.07, 6.45) is 5.08. The number of hydrogen-bond acceptors (Lipinski definition) is 3. The van der Waals surface area contributed by atoms with Crippen LogP contribution >= 0.6 is 11.6 Å². The molecule has 132 valence electrons. The highest BCUT2D eigenvalue weighted by Crippen LogP contribution is 2.28. The summed E-state index contributed by atoms with van der Waals surface area (Å²) in [6, 6.07) is 17.8. The number of nitrogens with one attached hydrogen (secondary N) is 1. The molecule has 5 nitrogen and oxygen atoms in total. The number of aromatic nitrogens is 2. The Morgan fingerprint density at radius 3 is 2.59 bits per heavy atom. The summed E-state index contributed by atoms with van der Waals surface area (Å²) < 4.78 is 1.71. The van der Waals surface area contributed by atoms with Crippen LogP contribution in [0.3, 0.4) is 0 Å². The van der Waals surface area contributed by atoms with Gasteiger partial charge in [-0.15, -0.1) is 0 Å². The Kier molecular flexibility index (Phi) is 4.44. The largest absolute Gasteiger partial charge is 0.318 e. The summed E-state index contributed by atoms with van der Waals surface area (Å²) >= 11 is 6.08. The van der Waals surface area contributed by atoms with E-state index in [1.807, 2.05) is 30.3 Å². The third-order valence-corrected chi connectivity index (χ3v) is 4.53. The first-order chi connectivity index (χ1) is 13.1. The third-order valence-electron chi connectivity index (χ3n) is 4.20. The van der Waals surface area contributed by atoms with E-state index < -0.39 is 11.7 Å². The van der Waals surface area contributed by atoms with Crippen LogP contribution in [0.25, 0.3) is 16.6 Å². The zero-order valence-corrected chi connectivity index (χ0v) is 14.9. The zero-order valence-electron chi connectivity index (χ0n) is 14.1. The number of ketones is 1. The fraction of sp³-hybridized carbons (Fsp3) is 0. The number of carbonyl (C=O) groups is 2. The molecule has 0 aliphatic rings. The molecule has 0 aliphatic heterocycles. The average molecular weight is 376 g/mol. The first-order valence-corrected chi connectivity index (χ1v) is 8.63. The van der Waals surface area contributed by atoms with E-state index in [2.05, 4.69) is 10.3 Å². The highest BCUT2D eigenvalue weighted by atomic mass is 35.5. The molecule has 0 saturated heterocycles. The van der Waals surface area contributed by atoms with Gasteiger partial charge >= 0.3 is 0 Å². The van der Waals surface area contributed by atoms with Crippen molar-refractivity contribution in [3.8, 4) is 11.1 Å². The van der Waals surface area contributed by atoms with Crippen LogP contribution in [0.2, 0.25) is 5.02 Å².